The molecule has 2 aromatic rings. The molecule has 0 saturated heterocycles. The number of benzene rings is 2. The molecule has 0 atom stereocenters. The van der Waals surface area contributed by atoms with Crippen LogP contribution in [0.1, 0.15) is 51.4 Å². The van der Waals surface area contributed by atoms with E-state index in [1.165, 1.54) is 5.39 Å². The molecule has 0 radical (unpaired) electrons. The van der Waals surface area contributed by atoms with Crippen molar-refractivity contribution in [2.45, 2.75) is 51.4 Å². The molecule has 0 aliphatic carbocycles. The van der Waals surface area contributed by atoms with Crippen molar-refractivity contribution in [2.75, 3.05) is 24.7 Å². The molecule has 0 aliphatic rings. The molecule has 6 heteroatoms. The number of fused-ring (bicyclic) bond motifs is 1. The van der Waals surface area contributed by atoms with Crippen LogP contribution in [0, 0.1) is 0 Å². The number of aliphatic hydroxyl groups is 1. The van der Waals surface area contributed by atoms with Crippen LogP contribution < -0.4 is 4.74 Å². The van der Waals surface area contributed by atoms with Crippen molar-refractivity contribution < 1.29 is 18.3 Å². The fourth-order valence-electron chi connectivity index (χ4n) is 3.14. The van der Waals surface area contributed by atoms with Gasteiger partial charge in [-0.05, 0) is 60.7 Å². The van der Waals surface area contributed by atoms with E-state index in [0.29, 0.717) is 13.0 Å². The Bertz CT molecular complexity index is 820. The summed E-state index contributed by atoms with van der Waals surface area (Å²) in [4.78, 5) is 0. The van der Waals surface area contributed by atoms with Crippen LogP contribution in [0.15, 0.2) is 40.9 Å². The second kappa shape index (κ2) is 12.5. The van der Waals surface area contributed by atoms with Gasteiger partial charge in [-0.2, -0.15) is 0 Å². The van der Waals surface area contributed by atoms with Gasteiger partial charge in [0.15, 0.2) is 0 Å². The van der Waals surface area contributed by atoms with Gasteiger partial charge in [0.2, 0.25) is 0 Å². The Morgan fingerprint density at radius 2 is 1.39 bits per heavy atom. The first kappa shape index (κ1) is 23.2. The Hall–Kier alpha value is -1.11. The summed E-state index contributed by atoms with van der Waals surface area (Å²) >= 11 is 3.48. The molecule has 0 aliphatic heterocycles. The van der Waals surface area contributed by atoms with Crippen molar-refractivity contribution in [2.24, 2.45) is 0 Å². The summed E-state index contributed by atoms with van der Waals surface area (Å²) in [6.45, 7) is 0.842. The number of ether oxygens (including phenoxy) is 1. The summed E-state index contributed by atoms with van der Waals surface area (Å²) < 4.78 is 30.9. The second-order valence-corrected chi connectivity index (χ2v) is 10.4. The third kappa shape index (κ3) is 8.93. The number of sulfone groups is 1. The van der Waals surface area contributed by atoms with Crippen molar-refractivity contribution in [1.82, 2.24) is 0 Å². The minimum Gasteiger partial charge on any atom is -0.494 e. The SMILES string of the molecule is O=S(=O)(CCCCCCO)CCCCCCOc1ccc2cc(Br)ccc2c1. The fraction of sp³-hybridized carbons (Fsp3) is 0.545. The zero-order chi connectivity index (χ0) is 20.2. The van der Waals surface area contributed by atoms with Gasteiger partial charge in [0.25, 0.3) is 0 Å². The van der Waals surface area contributed by atoms with E-state index in [1.54, 1.807) is 0 Å². The van der Waals surface area contributed by atoms with E-state index < -0.39 is 9.84 Å². The first-order valence-corrected chi connectivity index (χ1v) is 12.7. The predicted octanol–water partition coefficient (Wildman–Crippen LogP) is 5.51. The fourth-order valence-corrected chi connectivity index (χ4v) is 5.01. The lowest BCUT2D eigenvalue weighted by atomic mass is 10.1. The molecule has 2 rings (SSSR count). The van der Waals surface area contributed by atoms with Gasteiger partial charge in [-0.25, -0.2) is 8.42 Å². The highest BCUT2D eigenvalue weighted by Gasteiger charge is 2.09. The smallest absolute Gasteiger partial charge is 0.150 e. The van der Waals surface area contributed by atoms with E-state index in [2.05, 4.69) is 40.2 Å². The van der Waals surface area contributed by atoms with Gasteiger partial charge < -0.3 is 9.84 Å². The van der Waals surface area contributed by atoms with E-state index in [9.17, 15) is 8.42 Å². The third-order valence-electron chi connectivity index (χ3n) is 4.76. The van der Waals surface area contributed by atoms with Crippen LogP contribution in [-0.2, 0) is 9.84 Å². The zero-order valence-electron chi connectivity index (χ0n) is 16.4. The average molecular weight is 471 g/mol. The number of unbranched alkanes of at least 4 members (excludes halogenated alkanes) is 6. The van der Waals surface area contributed by atoms with Crippen LogP contribution in [0.25, 0.3) is 10.8 Å². The maximum atomic E-state index is 12.0. The van der Waals surface area contributed by atoms with E-state index >= 15 is 0 Å². The minimum atomic E-state index is -2.93. The maximum absolute atomic E-state index is 12.0. The summed E-state index contributed by atoms with van der Waals surface area (Å²) in [6, 6.07) is 12.3. The van der Waals surface area contributed by atoms with Gasteiger partial charge in [-0.15, -0.1) is 0 Å². The first-order valence-electron chi connectivity index (χ1n) is 10.1. The zero-order valence-corrected chi connectivity index (χ0v) is 18.8. The van der Waals surface area contributed by atoms with E-state index in [1.807, 2.05) is 12.1 Å². The quantitative estimate of drug-likeness (QED) is 0.369. The largest absolute Gasteiger partial charge is 0.494 e. The highest BCUT2D eigenvalue weighted by atomic mass is 79.9. The highest BCUT2D eigenvalue weighted by molar-refractivity contribution is 9.10. The topological polar surface area (TPSA) is 63.6 Å². The van der Waals surface area contributed by atoms with Crippen LogP contribution in [0.5, 0.6) is 5.75 Å². The molecule has 0 heterocycles. The number of hydrogen-bond donors (Lipinski definition) is 1. The van der Waals surface area contributed by atoms with Crippen molar-refractivity contribution in [3.63, 3.8) is 0 Å². The lowest BCUT2D eigenvalue weighted by molar-refractivity contribution is 0.283. The van der Waals surface area contributed by atoms with Crippen LogP contribution >= 0.6 is 15.9 Å². The number of rotatable bonds is 14. The van der Waals surface area contributed by atoms with E-state index in [4.69, 9.17) is 9.84 Å². The molecule has 1 N–H and O–H groups in total. The molecule has 4 nitrogen and oxygen atoms in total. The van der Waals surface area contributed by atoms with Crippen LogP contribution in [0.2, 0.25) is 0 Å². The standard InChI is InChI=1S/C22H31BrO4S/c23-21-11-9-20-18-22(12-10-19(20)17-21)27-14-6-2-4-8-16-28(25,26)15-7-3-1-5-13-24/h9-12,17-18,24H,1-8,13-16H2. The van der Waals surface area contributed by atoms with Gasteiger partial charge in [-0.1, -0.05) is 53.7 Å². The molecule has 28 heavy (non-hydrogen) atoms. The molecule has 0 fully saturated rings. The molecular weight excluding hydrogens is 440 g/mol. The third-order valence-corrected chi connectivity index (χ3v) is 7.07. The van der Waals surface area contributed by atoms with E-state index in [-0.39, 0.29) is 18.1 Å². The Labute approximate surface area is 177 Å². The second-order valence-electron chi connectivity index (χ2n) is 7.21. The van der Waals surface area contributed by atoms with Gasteiger partial charge >= 0.3 is 0 Å². The van der Waals surface area contributed by atoms with Crippen LogP contribution in [0.3, 0.4) is 0 Å². The van der Waals surface area contributed by atoms with Gasteiger partial charge in [0.1, 0.15) is 15.6 Å². The molecular formula is C22H31BrO4S. The minimum absolute atomic E-state index is 0.190. The maximum Gasteiger partial charge on any atom is 0.150 e. The Morgan fingerprint density at radius 3 is 2.11 bits per heavy atom. The van der Waals surface area contributed by atoms with Crippen LogP contribution in [-0.4, -0.2) is 38.2 Å². The van der Waals surface area contributed by atoms with Crippen molar-refractivity contribution in [1.29, 1.82) is 0 Å². The van der Waals surface area contributed by atoms with Gasteiger partial charge in [0.05, 0.1) is 18.1 Å². The molecule has 0 amide bonds. The summed E-state index contributed by atoms with van der Waals surface area (Å²) in [5, 5.41) is 11.0. The summed E-state index contributed by atoms with van der Waals surface area (Å²) in [5.41, 5.74) is 0. The number of halogens is 1. The molecule has 0 bridgehead atoms. The molecule has 0 aromatic heterocycles. The lowest BCUT2D eigenvalue weighted by Gasteiger charge is -2.08. The summed E-state index contributed by atoms with van der Waals surface area (Å²) in [6.07, 6.45) is 6.80. The van der Waals surface area contributed by atoms with Crippen molar-refractivity contribution >= 4 is 36.5 Å². The highest BCUT2D eigenvalue weighted by Crippen LogP contribution is 2.24. The predicted molar refractivity (Wildman–Crippen MR) is 120 cm³/mol. The monoisotopic (exact) mass is 470 g/mol. The van der Waals surface area contributed by atoms with Crippen molar-refractivity contribution in [3.05, 3.63) is 40.9 Å². The lowest BCUT2D eigenvalue weighted by Crippen LogP contribution is -2.11. The van der Waals surface area contributed by atoms with Gasteiger partial charge in [-0.3, -0.25) is 0 Å². The van der Waals surface area contributed by atoms with Gasteiger partial charge in [0, 0.05) is 11.1 Å². The average Bonchev–Trinajstić information content (AvgIpc) is 2.67. The van der Waals surface area contributed by atoms with Crippen molar-refractivity contribution in [3.8, 4) is 5.75 Å². The Kier molecular flexibility index (Phi) is 10.3. The number of hydrogen-bond acceptors (Lipinski definition) is 4. The normalized spacial score (nSPS) is 11.8. The molecule has 0 unspecified atom stereocenters. The van der Waals surface area contributed by atoms with E-state index in [0.717, 1.165) is 60.6 Å². The Morgan fingerprint density at radius 1 is 0.786 bits per heavy atom. The first-order chi connectivity index (χ1) is 13.5. The molecule has 156 valence electrons. The molecule has 2 aromatic carbocycles. The number of aliphatic hydroxyl groups excluding tert-OH is 1. The summed E-state index contributed by atoms with van der Waals surface area (Å²) in [5.74, 6) is 1.44. The molecule has 0 spiro atoms. The molecule has 0 saturated carbocycles. The Balaban J connectivity index is 1.56. The summed E-state index contributed by atoms with van der Waals surface area (Å²) in [7, 11) is -2.93. The van der Waals surface area contributed by atoms with Crippen LogP contribution in [0.4, 0.5) is 0 Å².